The third kappa shape index (κ3) is 3.01. The van der Waals surface area contributed by atoms with Crippen LogP contribution < -0.4 is 5.32 Å². The van der Waals surface area contributed by atoms with Gasteiger partial charge in [-0.2, -0.15) is 4.31 Å². The SMILES string of the molecule is O=S(=O)(c1cccnc1)N1CCNCC1c1cccc(Cl)c1. The molecule has 1 saturated heterocycles. The summed E-state index contributed by atoms with van der Waals surface area (Å²) in [6, 6.07) is 10.2. The van der Waals surface area contributed by atoms with Gasteiger partial charge in [0.05, 0.1) is 6.04 Å². The highest BCUT2D eigenvalue weighted by Crippen LogP contribution is 2.29. The Kier molecular flexibility index (Phi) is 4.44. The van der Waals surface area contributed by atoms with Crippen LogP contribution in [0, 0.1) is 0 Å². The second kappa shape index (κ2) is 6.34. The number of nitrogens with zero attached hydrogens (tertiary/aromatic N) is 2. The van der Waals surface area contributed by atoms with Crippen LogP contribution in [0.3, 0.4) is 0 Å². The zero-order valence-corrected chi connectivity index (χ0v) is 13.4. The average Bonchev–Trinajstić information content (AvgIpc) is 2.56. The van der Waals surface area contributed by atoms with Gasteiger partial charge in [0.15, 0.2) is 0 Å². The highest BCUT2D eigenvalue weighted by molar-refractivity contribution is 7.89. The zero-order valence-electron chi connectivity index (χ0n) is 11.8. The van der Waals surface area contributed by atoms with Crippen LogP contribution in [0.4, 0.5) is 0 Å². The maximum atomic E-state index is 12.9. The highest BCUT2D eigenvalue weighted by Gasteiger charge is 2.34. The summed E-state index contributed by atoms with van der Waals surface area (Å²) in [6.45, 7) is 1.59. The van der Waals surface area contributed by atoms with Crippen LogP contribution in [0.2, 0.25) is 5.02 Å². The lowest BCUT2D eigenvalue weighted by atomic mass is 10.1. The number of halogens is 1. The van der Waals surface area contributed by atoms with E-state index in [1.54, 1.807) is 24.4 Å². The molecule has 0 spiro atoms. The molecule has 0 aliphatic carbocycles. The van der Waals surface area contributed by atoms with Crippen molar-refractivity contribution >= 4 is 21.6 Å². The van der Waals surface area contributed by atoms with Gasteiger partial charge in [-0.15, -0.1) is 0 Å². The Balaban J connectivity index is 2.00. The second-order valence-corrected chi connectivity index (χ2v) is 7.41. The summed E-state index contributed by atoms with van der Waals surface area (Å²) in [5, 5.41) is 3.84. The molecule has 2 aromatic rings. The number of hydrogen-bond donors (Lipinski definition) is 1. The van der Waals surface area contributed by atoms with Crippen molar-refractivity contribution in [2.45, 2.75) is 10.9 Å². The fraction of sp³-hybridized carbons (Fsp3) is 0.267. The van der Waals surface area contributed by atoms with Gasteiger partial charge in [0.1, 0.15) is 4.90 Å². The third-order valence-electron chi connectivity index (χ3n) is 3.67. The maximum absolute atomic E-state index is 12.9. The van der Waals surface area contributed by atoms with E-state index >= 15 is 0 Å². The van der Waals surface area contributed by atoms with Crippen LogP contribution in [0.5, 0.6) is 0 Å². The van der Waals surface area contributed by atoms with Crippen molar-refractivity contribution in [2.24, 2.45) is 0 Å². The largest absolute Gasteiger partial charge is 0.313 e. The van der Waals surface area contributed by atoms with Crippen molar-refractivity contribution in [1.82, 2.24) is 14.6 Å². The summed E-state index contributed by atoms with van der Waals surface area (Å²) in [5.74, 6) is 0. The maximum Gasteiger partial charge on any atom is 0.245 e. The van der Waals surface area contributed by atoms with Gasteiger partial charge in [-0.1, -0.05) is 23.7 Å². The van der Waals surface area contributed by atoms with Gasteiger partial charge in [-0.25, -0.2) is 8.42 Å². The highest BCUT2D eigenvalue weighted by atomic mass is 35.5. The number of nitrogens with one attached hydrogen (secondary N) is 1. The van der Waals surface area contributed by atoms with Crippen LogP contribution in [-0.2, 0) is 10.0 Å². The molecule has 0 amide bonds. The summed E-state index contributed by atoms with van der Waals surface area (Å²) in [7, 11) is -3.58. The normalized spacial score (nSPS) is 20.0. The molecule has 1 aliphatic rings. The number of aromatic nitrogens is 1. The first-order valence-corrected chi connectivity index (χ1v) is 8.79. The van der Waals surface area contributed by atoms with E-state index in [4.69, 9.17) is 11.6 Å². The van der Waals surface area contributed by atoms with Gasteiger partial charge in [-0.3, -0.25) is 4.98 Å². The van der Waals surface area contributed by atoms with Crippen LogP contribution in [0.1, 0.15) is 11.6 Å². The van der Waals surface area contributed by atoms with Crippen molar-refractivity contribution in [3.63, 3.8) is 0 Å². The van der Waals surface area contributed by atoms with Gasteiger partial charge in [-0.05, 0) is 29.8 Å². The molecule has 116 valence electrons. The summed E-state index contributed by atoms with van der Waals surface area (Å²) in [5.41, 5.74) is 0.882. The van der Waals surface area contributed by atoms with E-state index in [0.717, 1.165) is 5.56 Å². The van der Waals surface area contributed by atoms with E-state index in [-0.39, 0.29) is 10.9 Å². The lowest BCUT2D eigenvalue weighted by molar-refractivity contribution is 0.271. The molecule has 7 heteroatoms. The Morgan fingerprint density at radius 2 is 2.14 bits per heavy atom. The number of piperazine rings is 1. The lowest BCUT2D eigenvalue weighted by Crippen LogP contribution is -2.48. The van der Waals surface area contributed by atoms with Gasteiger partial charge < -0.3 is 5.32 Å². The van der Waals surface area contributed by atoms with Gasteiger partial charge in [0, 0.05) is 37.1 Å². The first kappa shape index (κ1) is 15.4. The Morgan fingerprint density at radius 3 is 2.86 bits per heavy atom. The van der Waals surface area contributed by atoms with Crippen molar-refractivity contribution < 1.29 is 8.42 Å². The predicted octanol–water partition coefficient (Wildman–Crippen LogP) is 2.07. The van der Waals surface area contributed by atoms with Crippen molar-refractivity contribution in [2.75, 3.05) is 19.6 Å². The van der Waals surface area contributed by atoms with E-state index in [2.05, 4.69) is 10.3 Å². The van der Waals surface area contributed by atoms with Gasteiger partial charge in [0.25, 0.3) is 0 Å². The summed E-state index contributed by atoms with van der Waals surface area (Å²) < 4.78 is 27.3. The molecule has 1 fully saturated rings. The molecule has 1 unspecified atom stereocenters. The molecule has 2 heterocycles. The Labute approximate surface area is 135 Å². The minimum atomic E-state index is -3.58. The number of benzene rings is 1. The fourth-order valence-electron chi connectivity index (χ4n) is 2.61. The van der Waals surface area contributed by atoms with Crippen LogP contribution >= 0.6 is 11.6 Å². The summed E-state index contributed by atoms with van der Waals surface area (Å²) >= 11 is 6.04. The Morgan fingerprint density at radius 1 is 1.27 bits per heavy atom. The van der Waals surface area contributed by atoms with Crippen LogP contribution in [-0.4, -0.2) is 37.3 Å². The topological polar surface area (TPSA) is 62.3 Å². The first-order valence-electron chi connectivity index (χ1n) is 6.97. The quantitative estimate of drug-likeness (QED) is 0.931. The van der Waals surface area contributed by atoms with Crippen molar-refractivity contribution in [3.05, 3.63) is 59.4 Å². The Bertz CT molecular complexity index is 752. The molecule has 1 aromatic heterocycles. The molecule has 1 aliphatic heterocycles. The number of pyridine rings is 1. The van der Waals surface area contributed by atoms with Gasteiger partial charge in [0.2, 0.25) is 10.0 Å². The smallest absolute Gasteiger partial charge is 0.245 e. The lowest BCUT2D eigenvalue weighted by Gasteiger charge is -2.35. The molecule has 0 bridgehead atoms. The predicted molar refractivity (Wildman–Crippen MR) is 85.2 cm³/mol. The minimum absolute atomic E-state index is 0.212. The monoisotopic (exact) mass is 337 g/mol. The average molecular weight is 338 g/mol. The molecular weight excluding hydrogens is 322 g/mol. The van der Waals surface area contributed by atoms with E-state index in [0.29, 0.717) is 24.7 Å². The molecule has 3 rings (SSSR count). The van der Waals surface area contributed by atoms with Crippen molar-refractivity contribution in [3.8, 4) is 0 Å². The van der Waals surface area contributed by atoms with Crippen molar-refractivity contribution in [1.29, 1.82) is 0 Å². The minimum Gasteiger partial charge on any atom is -0.313 e. The molecule has 0 radical (unpaired) electrons. The van der Waals surface area contributed by atoms with E-state index in [1.807, 2.05) is 18.2 Å². The number of rotatable bonds is 3. The standard InChI is InChI=1S/C15H16ClN3O2S/c16-13-4-1-3-12(9-13)15-11-18-7-8-19(15)22(20,21)14-5-2-6-17-10-14/h1-6,9-10,15,18H,7-8,11H2. The number of hydrogen-bond acceptors (Lipinski definition) is 4. The number of sulfonamides is 1. The van der Waals surface area contributed by atoms with E-state index in [1.165, 1.54) is 10.5 Å². The first-order chi connectivity index (χ1) is 10.6. The van der Waals surface area contributed by atoms with Crippen LogP contribution in [0.25, 0.3) is 0 Å². The fourth-order valence-corrected chi connectivity index (χ4v) is 4.38. The molecule has 1 aromatic carbocycles. The second-order valence-electron chi connectivity index (χ2n) is 5.08. The molecule has 1 N–H and O–H groups in total. The third-order valence-corrected chi connectivity index (χ3v) is 5.80. The Hall–Kier alpha value is -1.47. The summed E-state index contributed by atoms with van der Waals surface area (Å²) in [6.07, 6.45) is 2.94. The van der Waals surface area contributed by atoms with E-state index < -0.39 is 10.0 Å². The zero-order chi connectivity index (χ0) is 15.6. The van der Waals surface area contributed by atoms with Gasteiger partial charge >= 0.3 is 0 Å². The van der Waals surface area contributed by atoms with E-state index in [9.17, 15) is 8.42 Å². The van der Waals surface area contributed by atoms with Crippen LogP contribution in [0.15, 0.2) is 53.7 Å². The summed E-state index contributed by atoms with van der Waals surface area (Å²) in [4.78, 5) is 4.13. The molecule has 22 heavy (non-hydrogen) atoms. The molecular formula is C15H16ClN3O2S. The molecule has 1 atom stereocenters. The molecule has 5 nitrogen and oxygen atoms in total. The molecule has 0 saturated carbocycles.